The number of rotatable bonds is 6. The number of halogens is 1. The Morgan fingerprint density at radius 1 is 1.13 bits per heavy atom. The van der Waals surface area contributed by atoms with Crippen LogP contribution in [-0.4, -0.2) is 38.6 Å². The van der Waals surface area contributed by atoms with Crippen molar-refractivity contribution < 1.29 is 23.5 Å². The molecule has 9 heteroatoms. The fraction of sp³-hybridized carbons (Fsp3) is 0.143. The van der Waals surface area contributed by atoms with Crippen molar-refractivity contribution in [2.24, 2.45) is 0 Å². The fourth-order valence-electron chi connectivity index (χ4n) is 2.26. The molecule has 0 heterocycles. The molecule has 154 valence electrons. The summed E-state index contributed by atoms with van der Waals surface area (Å²) >= 11 is 0. The molecule has 0 atom stereocenters. The average molecular weight is 410 g/mol. The minimum Gasteiger partial charge on any atom is -0.451 e. The normalized spacial score (nSPS) is 10.5. The van der Waals surface area contributed by atoms with Crippen molar-refractivity contribution in [2.75, 3.05) is 30.9 Å². The number of hydrogen-bond acceptors (Lipinski definition) is 6. The van der Waals surface area contributed by atoms with Crippen LogP contribution in [-0.2, 0) is 14.3 Å². The van der Waals surface area contributed by atoms with Crippen molar-refractivity contribution in [2.45, 2.75) is 0 Å². The van der Waals surface area contributed by atoms with Gasteiger partial charge in [0.25, 0.3) is 5.91 Å². The number of carbonyl (C=O) groups is 3. The average Bonchev–Trinajstić information content (AvgIpc) is 2.72. The first kappa shape index (κ1) is 22.1. The van der Waals surface area contributed by atoms with Gasteiger partial charge >= 0.3 is 12.0 Å². The van der Waals surface area contributed by atoms with Gasteiger partial charge in [-0.2, -0.15) is 5.26 Å². The highest BCUT2D eigenvalue weighted by atomic mass is 19.1. The van der Waals surface area contributed by atoms with E-state index >= 15 is 0 Å². The number of nitrogens with one attached hydrogen (secondary N) is 2. The van der Waals surface area contributed by atoms with E-state index in [1.165, 1.54) is 24.3 Å². The van der Waals surface area contributed by atoms with Gasteiger partial charge in [-0.25, -0.2) is 14.0 Å². The number of esters is 1. The fourth-order valence-corrected chi connectivity index (χ4v) is 2.26. The van der Waals surface area contributed by atoms with Crippen LogP contribution in [0.15, 0.2) is 54.1 Å². The third-order valence-corrected chi connectivity index (χ3v) is 3.77. The van der Waals surface area contributed by atoms with Gasteiger partial charge in [0.2, 0.25) is 0 Å². The van der Waals surface area contributed by atoms with Crippen molar-refractivity contribution in [3.05, 3.63) is 65.5 Å². The Kier molecular flexibility index (Phi) is 7.65. The van der Waals surface area contributed by atoms with Crippen LogP contribution in [0.25, 0.3) is 6.08 Å². The van der Waals surface area contributed by atoms with E-state index in [-0.39, 0.29) is 11.3 Å². The maximum Gasteiger partial charge on any atom is 0.349 e. The van der Waals surface area contributed by atoms with Crippen molar-refractivity contribution in [3.63, 3.8) is 0 Å². The molecule has 0 bridgehead atoms. The van der Waals surface area contributed by atoms with Crippen LogP contribution >= 0.6 is 0 Å². The Hall–Kier alpha value is -4.19. The second-order valence-corrected chi connectivity index (χ2v) is 6.21. The van der Waals surface area contributed by atoms with Gasteiger partial charge in [-0.15, -0.1) is 0 Å². The molecule has 2 rings (SSSR count). The van der Waals surface area contributed by atoms with E-state index in [0.717, 1.165) is 11.8 Å². The molecule has 2 aromatic carbocycles. The number of anilines is 2. The maximum atomic E-state index is 13.5. The molecule has 0 fully saturated rings. The smallest absolute Gasteiger partial charge is 0.349 e. The van der Waals surface area contributed by atoms with E-state index < -0.39 is 30.3 Å². The molecule has 0 aliphatic heterocycles. The molecule has 0 spiro atoms. The molecule has 2 aromatic rings. The number of amides is 3. The third kappa shape index (κ3) is 6.45. The lowest BCUT2D eigenvalue weighted by Crippen LogP contribution is -2.37. The Labute approximate surface area is 172 Å². The molecule has 0 aromatic heterocycles. The third-order valence-electron chi connectivity index (χ3n) is 3.77. The van der Waals surface area contributed by atoms with Gasteiger partial charge in [0.1, 0.15) is 17.5 Å². The van der Waals surface area contributed by atoms with Crippen LogP contribution in [0.5, 0.6) is 0 Å². The van der Waals surface area contributed by atoms with Gasteiger partial charge in [-0.3, -0.25) is 10.1 Å². The molecule has 0 saturated carbocycles. The van der Waals surface area contributed by atoms with E-state index in [4.69, 9.17) is 4.74 Å². The number of carbonyl (C=O) groups excluding carboxylic acids is 3. The van der Waals surface area contributed by atoms with Crippen LogP contribution in [0.2, 0.25) is 0 Å². The van der Waals surface area contributed by atoms with Crippen LogP contribution in [0, 0.1) is 17.1 Å². The minimum atomic E-state index is -1.01. The van der Waals surface area contributed by atoms with E-state index in [9.17, 15) is 24.0 Å². The summed E-state index contributed by atoms with van der Waals surface area (Å²) in [6.07, 6.45) is 1.32. The summed E-state index contributed by atoms with van der Waals surface area (Å²) in [5.74, 6) is -2.63. The standard InChI is InChI=1S/C21H19FN4O4/c1-26(2)16-9-7-14(8-10-16)11-15(12-23)20(28)30-13-19(27)25-21(29)24-18-6-4-3-5-17(18)22/h3-11H,13H2,1-2H3,(H2,24,25,27,29)/b15-11+. The largest absolute Gasteiger partial charge is 0.451 e. The predicted molar refractivity (Wildman–Crippen MR) is 109 cm³/mol. The summed E-state index contributed by atoms with van der Waals surface area (Å²) in [5, 5.41) is 13.2. The summed E-state index contributed by atoms with van der Waals surface area (Å²) in [7, 11) is 3.76. The van der Waals surface area contributed by atoms with Crippen molar-refractivity contribution in [3.8, 4) is 6.07 Å². The first-order chi connectivity index (χ1) is 14.3. The Morgan fingerprint density at radius 3 is 2.40 bits per heavy atom. The summed E-state index contributed by atoms with van der Waals surface area (Å²) in [6, 6.07) is 13.2. The van der Waals surface area contributed by atoms with E-state index in [0.29, 0.717) is 5.56 Å². The van der Waals surface area contributed by atoms with Crippen molar-refractivity contribution in [1.82, 2.24) is 5.32 Å². The summed E-state index contributed by atoms with van der Waals surface area (Å²) in [5.41, 5.74) is 1.12. The van der Waals surface area contributed by atoms with E-state index in [1.807, 2.05) is 36.4 Å². The Morgan fingerprint density at radius 2 is 1.80 bits per heavy atom. The van der Waals surface area contributed by atoms with E-state index in [2.05, 4.69) is 5.32 Å². The summed E-state index contributed by atoms with van der Waals surface area (Å²) < 4.78 is 18.2. The van der Waals surface area contributed by atoms with Crippen LogP contribution < -0.4 is 15.5 Å². The van der Waals surface area contributed by atoms with Gasteiger partial charge in [-0.05, 0) is 35.9 Å². The van der Waals surface area contributed by atoms with Gasteiger partial charge in [0.15, 0.2) is 6.61 Å². The Balaban J connectivity index is 1.89. The number of nitriles is 1. The second-order valence-electron chi connectivity index (χ2n) is 6.21. The summed E-state index contributed by atoms with van der Waals surface area (Å²) in [6.45, 7) is -0.790. The Bertz CT molecular complexity index is 1010. The minimum absolute atomic E-state index is 0.116. The van der Waals surface area contributed by atoms with Crippen LogP contribution in [0.4, 0.5) is 20.6 Å². The molecule has 0 aliphatic rings. The zero-order chi connectivity index (χ0) is 22.1. The molecule has 2 N–H and O–H groups in total. The summed E-state index contributed by atoms with van der Waals surface area (Å²) in [4.78, 5) is 37.4. The van der Waals surface area contributed by atoms with Crippen molar-refractivity contribution in [1.29, 1.82) is 5.26 Å². The van der Waals surface area contributed by atoms with E-state index in [1.54, 1.807) is 18.2 Å². The predicted octanol–water partition coefficient (Wildman–Crippen LogP) is 2.69. The molecule has 30 heavy (non-hydrogen) atoms. The van der Waals surface area contributed by atoms with Crippen molar-refractivity contribution >= 4 is 35.4 Å². The van der Waals surface area contributed by atoms with Gasteiger partial charge in [0.05, 0.1) is 5.69 Å². The number of ether oxygens (including phenoxy) is 1. The number of nitrogens with zero attached hydrogens (tertiary/aromatic N) is 2. The monoisotopic (exact) mass is 410 g/mol. The molecule has 3 amide bonds. The lowest BCUT2D eigenvalue weighted by Gasteiger charge is -2.11. The first-order valence-corrected chi connectivity index (χ1v) is 8.72. The number of urea groups is 1. The zero-order valence-electron chi connectivity index (χ0n) is 16.3. The lowest BCUT2D eigenvalue weighted by atomic mass is 10.1. The highest BCUT2D eigenvalue weighted by Gasteiger charge is 2.15. The SMILES string of the molecule is CN(C)c1ccc(/C=C(\C#N)C(=O)OCC(=O)NC(=O)Nc2ccccc2F)cc1. The lowest BCUT2D eigenvalue weighted by molar-refractivity contribution is -0.144. The molecular formula is C21H19FN4O4. The van der Waals surface area contributed by atoms with Gasteiger partial charge < -0.3 is 15.0 Å². The van der Waals surface area contributed by atoms with Gasteiger partial charge in [0, 0.05) is 19.8 Å². The number of hydrogen-bond donors (Lipinski definition) is 2. The van der Waals surface area contributed by atoms with Crippen LogP contribution in [0.3, 0.4) is 0 Å². The topological polar surface area (TPSA) is 112 Å². The first-order valence-electron chi connectivity index (χ1n) is 8.72. The number of para-hydroxylation sites is 1. The molecule has 0 aliphatic carbocycles. The highest BCUT2D eigenvalue weighted by Crippen LogP contribution is 2.15. The number of benzene rings is 2. The second kappa shape index (κ2) is 10.4. The quantitative estimate of drug-likeness (QED) is 0.430. The molecule has 0 saturated heterocycles. The molecule has 0 radical (unpaired) electrons. The van der Waals surface area contributed by atoms with Gasteiger partial charge in [-0.1, -0.05) is 24.3 Å². The maximum absolute atomic E-state index is 13.5. The molecule has 8 nitrogen and oxygen atoms in total. The molecular weight excluding hydrogens is 391 g/mol. The highest BCUT2D eigenvalue weighted by molar-refractivity contribution is 6.03. The molecule has 0 unspecified atom stereocenters. The zero-order valence-corrected chi connectivity index (χ0v) is 16.3. The van der Waals surface area contributed by atoms with Crippen LogP contribution in [0.1, 0.15) is 5.56 Å². The number of imide groups is 1.